The van der Waals surface area contributed by atoms with Gasteiger partial charge in [0.25, 0.3) is 10.0 Å². The molecule has 230 valence electrons. The van der Waals surface area contributed by atoms with Gasteiger partial charge in [-0.25, -0.2) is 8.42 Å². The van der Waals surface area contributed by atoms with Crippen LogP contribution in [-0.4, -0.2) is 51.4 Å². The van der Waals surface area contributed by atoms with E-state index in [1.807, 2.05) is 74.5 Å². The summed E-state index contributed by atoms with van der Waals surface area (Å²) in [6.45, 7) is 3.71. The molecule has 0 unspecified atom stereocenters. The van der Waals surface area contributed by atoms with Gasteiger partial charge in [-0.3, -0.25) is 13.9 Å². The van der Waals surface area contributed by atoms with Gasteiger partial charge in [-0.2, -0.15) is 0 Å². The highest BCUT2D eigenvalue weighted by Gasteiger charge is 2.35. The van der Waals surface area contributed by atoms with E-state index in [2.05, 4.69) is 5.32 Å². The second kappa shape index (κ2) is 15.2. The zero-order valence-electron chi connectivity index (χ0n) is 25.3. The predicted octanol–water partition coefficient (Wildman–Crippen LogP) is 5.23. The van der Waals surface area contributed by atoms with Crippen LogP contribution in [0.1, 0.15) is 30.5 Å². The van der Waals surface area contributed by atoms with Crippen LogP contribution in [0.15, 0.2) is 114 Å². The Kier molecular flexibility index (Phi) is 11.2. The summed E-state index contributed by atoms with van der Waals surface area (Å²) in [7, 11) is -2.59. The third-order valence-electron chi connectivity index (χ3n) is 7.36. The van der Waals surface area contributed by atoms with Crippen LogP contribution in [0.3, 0.4) is 0 Å². The Labute approximate surface area is 260 Å². The largest absolute Gasteiger partial charge is 0.497 e. The van der Waals surface area contributed by atoms with E-state index in [0.717, 1.165) is 16.7 Å². The fourth-order valence-corrected chi connectivity index (χ4v) is 6.57. The lowest BCUT2D eigenvalue weighted by atomic mass is 10.0. The smallest absolute Gasteiger partial charge is 0.264 e. The van der Waals surface area contributed by atoms with Gasteiger partial charge in [-0.1, -0.05) is 85.8 Å². The number of hydrogen-bond donors (Lipinski definition) is 1. The van der Waals surface area contributed by atoms with Crippen molar-refractivity contribution in [1.29, 1.82) is 0 Å². The number of aryl methyl sites for hydroxylation is 1. The number of carbonyl (C=O) groups is 2. The first-order valence-corrected chi connectivity index (χ1v) is 16.1. The molecule has 9 heteroatoms. The third kappa shape index (κ3) is 7.85. The molecule has 0 aliphatic rings. The van der Waals surface area contributed by atoms with Gasteiger partial charge in [0.1, 0.15) is 18.3 Å². The summed E-state index contributed by atoms with van der Waals surface area (Å²) in [5.41, 5.74) is 2.82. The van der Waals surface area contributed by atoms with Crippen LogP contribution >= 0.6 is 0 Å². The van der Waals surface area contributed by atoms with Crippen LogP contribution in [-0.2, 0) is 39.0 Å². The Balaban J connectivity index is 1.82. The maximum atomic E-state index is 14.5. The van der Waals surface area contributed by atoms with Gasteiger partial charge in [-0.05, 0) is 60.4 Å². The predicted molar refractivity (Wildman–Crippen MR) is 173 cm³/mol. The molecule has 1 N–H and O–H groups in total. The summed E-state index contributed by atoms with van der Waals surface area (Å²) in [4.78, 5) is 29.7. The minimum absolute atomic E-state index is 0.0688. The molecule has 0 aromatic heterocycles. The normalized spacial score (nSPS) is 11.8. The number of carbonyl (C=O) groups excluding carboxylic acids is 2. The van der Waals surface area contributed by atoms with Crippen LogP contribution in [0.5, 0.6) is 5.75 Å². The molecule has 0 aliphatic carbocycles. The number of benzene rings is 4. The standard InChI is InChI=1S/C35H39N3O5S/c1-4-29-18-12-13-22-32(29)38(44(41,42)31-20-10-7-11-21-31)26-34(39)37(25-28-17-14-19-30(23-28)43-3)33(35(40)36-5-2)24-27-15-8-6-9-16-27/h6-23,33H,4-5,24-26H2,1-3H3,(H,36,40)/t33-/m1/s1. The van der Waals surface area contributed by atoms with Crippen LogP contribution in [0.2, 0.25) is 0 Å². The Morgan fingerprint density at radius 1 is 0.818 bits per heavy atom. The zero-order chi connectivity index (χ0) is 31.5. The summed E-state index contributed by atoms with van der Waals surface area (Å²) >= 11 is 0. The number of hydrogen-bond acceptors (Lipinski definition) is 5. The number of ether oxygens (including phenoxy) is 1. The fourth-order valence-electron chi connectivity index (χ4n) is 5.10. The quantitative estimate of drug-likeness (QED) is 0.210. The fraction of sp³-hybridized carbons (Fsp3) is 0.257. The van der Waals surface area contributed by atoms with Crippen molar-refractivity contribution < 1.29 is 22.7 Å². The van der Waals surface area contributed by atoms with Crippen molar-refractivity contribution in [1.82, 2.24) is 10.2 Å². The molecule has 0 radical (unpaired) electrons. The third-order valence-corrected chi connectivity index (χ3v) is 9.13. The summed E-state index contributed by atoms with van der Waals surface area (Å²) in [6.07, 6.45) is 0.813. The minimum Gasteiger partial charge on any atom is -0.497 e. The Bertz CT molecular complexity index is 1650. The molecule has 0 saturated carbocycles. The number of rotatable bonds is 14. The molecule has 44 heavy (non-hydrogen) atoms. The molecule has 0 bridgehead atoms. The number of amides is 2. The van der Waals surface area contributed by atoms with Gasteiger partial charge in [-0.15, -0.1) is 0 Å². The first-order valence-electron chi connectivity index (χ1n) is 14.7. The van der Waals surface area contributed by atoms with E-state index in [1.54, 1.807) is 43.5 Å². The Morgan fingerprint density at radius 3 is 2.11 bits per heavy atom. The van der Waals surface area contributed by atoms with Crippen LogP contribution < -0.4 is 14.4 Å². The summed E-state index contributed by atoms with van der Waals surface area (Å²) in [5.74, 6) is -0.220. The van der Waals surface area contributed by atoms with Gasteiger partial charge in [0.15, 0.2) is 0 Å². The highest BCUT2D eigenvalue weighted by Crippen LogP contribution is 2.28. The lowest BCUT2D eigenvalue weighted by molar-refractivity contribution is -0.140. The number of para-hydroxylation sites is 1. The molecule has 0 fully saturated rings. The van der Waals surface area contributed by atoms with Crippen molar-refractivity contribution in [2.75, 3.05) is 24.5 Å². The molecular weight excluding hydrogens is 574 g/mol. The molecular formula is C35H39N3O5S. The molecule has 0 aliphatic heterocycles. The molecule has 4 aromatic carbocycles. The van der Waals surface area contributed by atoms with Gasteiger partial charge < -0.3 is 15.0 Å². The molecule has 0 heterocycles. The first kappa shape index (κ1) is 32.3. The maximum Gasteiger partial charge on any atom is 0.264 e. The lowest BCUT2D eigenvalue weighted by Gasteiger charge is -2.34. The maximum absolute atomic E-state index is 14.5. The lowest BCUT2D eigenvalue weighted by Crippen LogP contribution is -2.53. The van der Waals surface area contributed by atoms with E-state index in [0.29, 0.717) is 24.4 Å². The van der Waals surface area contributed by atoms with E-state index in [9.17, 15) is 18.0 Å². The highest BCUT2D eigenvalue weighted by molar-refractivity contribution is 7.92. The second-order valence-corrected chi connectivity index (χ2v) is 12.1. The van der Waals surface area contributed by atoms with E-state index >= 15 is 0 Å². The number of methoxy groups -OCH3 is 1. The molecule has 0 spiro atoms. The second-order valence-electron chi connectivity index (χ2n) is 10.3. The average Bonchev–Trinajstić information content (AvgIpc) is 3.06. The van der Waals surface area contributed by atoms with Crippen LogP contribution in [0, 0.1) is 0 Å². The molecule has 0 saturated heterocycles. The van der Waals surface area contributed by atoms with E-state index in [1.165, 1.54) is 21.3 Å². The molecule has 1 atom stereocenters. The number of nitrogens with one attached hydrogen (secondary N) is 1. The van der Waals surface area contributed by atoms with E-state index in [4.69, 9.17) is 4.74 Å². The van der Waals surface area contributed by atoms with Crippen molar-refractivity contribution in [3.63, 3.8) is 0 Å². The van der Waals surface area contributed by atoms with Crippen molar-refractivity contribution in [2.24, 2.45) is 0 Å². The molecule has 2 amide bonds. The van der Waals surface area contributed by atoms with Crippen molar-refractivity contribution in [3.05, 3.63) is 126 Å². The number of anilines is 1. The van der Waals surface area contributed by atoms with Gasteiger partial charge >= 0.3 is 0 Å². The SMILES string of the molecule is CCNC(=O)[C@@H](Cc1ccccc1)N(Cc1cccc(OC)c1)C(=O)CN(c1ccccc1CC)S(=O)(=O)c1ccccc1. The topological polar surface area (TPSA) is 96.0 Å². The Hall–Kier alpha value is -4.63. The van der Waals surface area contributed by atoms with Crippen LogP contribution in [0.4, 0.5) is 5.69 Å². The average molecular weight is 614 g/mol. The summed E-state index contributed by atoms with van der Waals surface area (Å²) in [6, 6.07) is 31.1. The van der Waals surface area contributed by atoms with E-state index < -0.39 is 28.5 Å². The number of likely N-dealkylation sites (N-methyl/N-ethyl adjacent to an activating group) is 1. The van der Waals surface area contributed by atoms with Gasteiger partial charge in [0.2, 0.25) is 11.8 Å². The first-order chi connectivity index (χ1) is 21.3. The van der Waals surface area contributed by atoms with Gasteiger partial charge in [0, 0.05) is 19.5 Å². The highest BCUT2D eigenvalue weighted by atomic mass is 32.2. The van der Waals surface area contributed by atoms with Crippen molar-refractivity contribution in [2.45, 2.75) is 44.2 Å². The number of nitrogens with zero attached hydrogens (tertiary/aromatic N) is 2. The van der Waals surface area contributed by atoms with E-state index in [-0.39, 0.29) is 23.8 Å². The monoisotopic (exact) mass is 613 g/mol. The molecule has 4 rings (SSSR count). The molecule has 4 aromatic rings. The summed E-state index contributed by atoms with van der Waals surface area (Å²) in [5, 5.41) is 2.88. The van der Waals surface area contributed by atoms with Crippen LogP contribution in [0.25, 0.3) is 0 Å². The van der Waals surface area contributed by atoms with Crippen molar-refractivity contribution in [3.8, 4) is 5.75 Å². The molecule has 8 nitrogen and oxygen atoms in total. The minimum atomic E-state index is -4.15. The Morgan fingerprint density at radius 2 is 1.45 bits per heavy atom. The summed E-state index contributed by atoms with van der Waals surface area (Å²) < 4.78 is 34.9. The van der Waals surface area contributed by atoms with Crippen molar-refractivity contribution >= 4 is 27.5 Å². The zero-order valence-corrected chi connectivity index (χ0v) is 26.2. The van der Waals surface area contributed by atoms with Gasteiger partial charge in [0.05, 0.1) is 17.7 Å². The number of sulfonamides is 1.